The predicted molar refractivity (Wildman–Crippen MR) is 125 cm³/mol. The fourth-order valence-corrected chi connectivity index (χ4v) is 5.02. The van der Waals surface area contributed by atoms with E-state index in [1.807, 2.05) is 31.2 Å². The Kier molecular flexibility index (Phi) is 6.32. The van der Waals surface area contributed by atoms with Crippen LogP contribution in [0.3, 0.4) is 0 Å². The molecule has 0 spiro atoms. The van der Waals surface area contributed by atoms with Crippen molar-refractivity contribution in [3.63, 3.8) is 0 Å². The van der Waals surface area contributed by atoms with Gasteiger partial charge in [0.05, 0.1) is 10.9 Å². The minimum Gasteiger partial charge on any atom is -0.360 e. The van der Waals surface area contributed by atoms with Crippen LogP contribution < -0.4 is 9.62 Å². The number of nitrogens with one attached hydrogen (secondary N) is 1. The van der Waals surface area contributed by atoms with E-state index in [1.54, 1.807) is 37.3 Å². The zero-order valence-electron chi connectivity index (χ0n) is 17.6. The minimum atomic E-state index is -3.77. The van der Waals surface area contributed by atoms with Gasteiger partial charge in [-0.1, -0.05) is 50.9 Å². The quantitative estimate of drug-likeness (QED) is 0.502. The van der Waals surface area contributed by atoms with Crippen LogP contribution in [0.2, 0.25) is 0 Å². The van der Waals surface area contributed by atoms with Gasteiger partial charge in [0.1, 0.15) is 5.76 Å². The normalized spacial score (nSPS) is 15.2. The van der Waals surface area contributed by atoms with Crippen molar-refractivity contribution in [3.05, 3.63) is 87.6 Å². The van der Waals surface area contributed by atoms with Gasteiger partial charge in [0.2, 0.25) is 10.0 Å². The average molecular weight is 516 g/mol. The first kappa shape index (κ1) is 22.4. The SMILES string of the molecule is Cc1ccc(S(=O)(=O)NC(CC2=CC(=O)N(c3cc(C)on3)C2)c2ccc(Br)cc2)cc1. The molecule has 1 unspecified atom stereocenters. The number of hydrogen-bond donors (Lipinski definition) is 1. The number of hydrogen-bond acceptors (Lipinski definition) is 5. The predicted octanol–water partition coefficient (Wildman–Crippen LogP) is 4.44. The Balaban J connectivity index is 1.59. The molecule has 0 bridgehead atoms. The number of nitrogens with zero attached hydrogens (tertiary/aromatic N) is 2. The molecule has 0 saturated carbocycles. The summed E-state index contributed by atoms with van der Waals surface area (Å²) >= 11 is 3.41. The molecule has 9 heteroatoms. The van der Waals surface area contributed by atoms with Gasteiger partial charge < -0.3 is 4.52 Å². The third kappa shape index (κ3) is 5.01. The summed E-state index contributed by atoms with van der Waals surface area (Å²) in [6.45, 7) is 3.99. The molecule has 32 heavy (non-hydrogen) atoms. The minimum absolute atomic E-state index is 0.196. The van der Waals surface area contributed by atoms with Crippen LogP contribution in [0.4, 0.5) is 5.82 Å². The molecule has 1 aliphatic heterocycles. The third-order valence-electron chi connectivity index (χ3n) is 5.21. The number of carbonyl (C=O) groups is 1. The van der Waals surface area contributed by atoms with Crippen LogP contribution in [-0.4, -0.2) is 26.0 Å². The Hall–Kier alpha value is -2.75. The second kappa shape index (κ2) is 9.01. The first-order valence-corrected chi connectivity index (χ1v) is 12.3. The van der Waals surface area contributed by atoms with Gasteiger partial charge in [-0.3, -0.25) is 9.69 Å². The summed E-state index contributed by atoms with van der Waals surface area (Å²) in [7, 11) is -3.77. The molecule has 7 nitrogen and oxygen atoms in total. The highest BCUT2D eigenvalue weighted by atomic mass is 79.9. The third-order valence-corrected chi connectivity index (χ3v) is 7.23. The van der Waals surface area contributed by atoms with Gasteiger partial charge in [0.15, 0.2) is 5.82 Å². The Labute approximate surface area is 195 Å². The summed E-state index contributed by atoms with van der Waals surface area (Å²) < 4.78 is 35.0. The van der Waals surface area contributed by atoms with Gasteiger partial charge in [0, 0.05) is 23.2 Å². The van der Waals surface area contributed by atoms with Crippen LogP contribution in [0.25, 0.3) is 0 Å². The van der Waals surface area contributed by atoms with Crippen molar-refractivity contribution in [1.29, 1.82) is 0 Å². The van der Waals surface area contributed by atoms with Gasteiger partial charge in [0.25, 0.3) is 5.91 Å². The van der Waals surface area contributed by atoms with E-state index in [-0.39, 0.29) is 10.8 Å². The maximum atomic E-state index is 13.1. The van der Waals surface area contributed by atoms with Crippen LogP contribution in [0.15, 0.2) is 80.1 Å². The molecular formula is C23H22BrN3O4S. The lowest BCUT2D eigenvalue weighted by Crippen LogP contribution is -2.30. The molecule has 1 atom stereocenters. The number of anilines is 1. The number of halogens is 1. The first-order valence-electron chi connectivity index (χ1n) is 10.00. The number of sulfonamides is 1. The summed E-state index contributed by atoms with van der Waals surface area (Å²) in [6, 6.07) is 15.3. The van der Waals surface area contributed by atoms with E-state index >= 15 is 0 Å². The average Bonchev–Trinajstić information content (AvgIpc) is 3.33. The monoisotopic (exact) mass is 515 g/mol. The first-order chi connectivity index (χ1) is 15.2. The van der Waals surface area contributed by atoms with Gasteiger partial charge in [-0.15, -0.1) is 0 Å². The van der Waals surface area contributed by atoms with Crippen molar-refractivity contribution in [2.24, 2.45) is 0 Å². The molecule has 0 saturated heterocycles. The summed E-state index contributed by atoms with van der Waals surface area (Å²) in [5, 5.41) is 3.92. The van der Waals surface area contributed by atoms with Crippen molar-refractivity contribution in [2.45, 2.75) is 31.2 Å². The van der Waals surface area contributed by atoms with E-state index in [4.69, 9.17) is 4.52 Å². The van der Waals surface area contributed by atoms with E-state index < -0.39 is 16.1 Å². The van der Waals surface area contributed by atoms with E-state index in [1.165, 1.54) is 11.0 Å². The summed E-state index contributed by atoms with van der Waals surface area (Å²) in [6.07, 6.45) is 1.88. The van der Waals surface area contributed by atoms with Crippen molar-refractivity contribution in [1.82, 2.24) is 9.88 Å². The second-order valence-corrected chi connectivity index (χ2v) is 10.4. The number of amides is 1. The molecule has 2 heterocycles. The van der Waals surface area contributed by atoms with Gasteiger partial charge >= 0.3 is 0 Å². The Morgan fingerprint density at radius 3 is 2.44 bits per heavy atom. The molecule has 0 fully saturated rings. The molecule has 1 aliphatic rings. The highest BCUT2D eigenvalue weighted by Crippen LogP contribution is 2.29. The fourth-order valence-electron chi connectivity index (χ4n) is 3.53. The zero-order chi connectivity index (χ0) is 22.9. The number of rotatable bonds is 7. The molecule has 166 valence electrons. The lowest BCUT2D eigenvalue weighted by molar-refractivity contribution is -0.113. The lowest BCUT2D eigenvalue weighted by Gasteiger charge is -2.21. The van der Waals surface area contributed by atoms with Crippen LogP contribution >= 0.6 is 15.9 Å². The number of carbonyl (C=O) groups excluding carboxylic acids is 1. The summed E-state index contributed by atoms with van der Waals surface area (Å²) in [5.41, 5.74) is 2.58. The Morgan fingerprint density at radius 1 is 1.12 bits per heavy atom. The summed E-state index contributed by atoms with van der Waals surface area (Å²) in [4.78, 5) is 14.2. The molecule has 1 amide bonds. The Morgan fingerprint density at radius 2 is 1.81 bits per heavy atom. The van der Waals surface area contributed by atoms with E-state index in [0.717, 1.165) is 21.2 Å². The van der Waals surface area contributed by atoms with Crippen molar-refractivity contribution < 1.29 is 17.7 Å². The topological polar surface area (TPSA) is 92.5 Å². The van der Waals surface area contributed by atoms with Crippen LogP contribution in [-0.2, 0) is 14.8 Å². The molecule has 0 radical (unpaired) electrons. The molecule has 3 aromatic rings. The standard InChI is InChI=1S/C23H22BrN3O4S/c1-15-3-9-20(10-4-15)32(29,30)26-21(18-5-7-19(24)8-6-18)12-17-13-23(28)27(14-17)22-11-16(2)31-25-22/h3-11,13,21,26H,12,14H2,1-2H3. The van der Waals surface area contributed by atoms with Gasteiger partial charge in [-0.25, -0.2) is 13.1 Å². The highest BCUT2D eigenvalue weighted by Gasteiger charge is 2.29. The van der Waals surface area contributed by atoms with Crippen molar-refractivity contribution in [3.8, 4) is 0 Å². The summed E-state index contributed by atoms with van der Waals surface area (Å²) in [5.74, 6) is 0.850. The largest absolute Gasteiger partial charge is 0.360 e. The van der Waals surface area contributed by atoms with Gasteiger partial charge in [-0.2, -0.15) is 0 Å². The molecule has 2 aromatic carbocycles. The highest BCUT2D eigenvalue weighted by molar-refractivity contribution is 9.10. The van der Waals surface area contributed by atoms with Crippen molar-refractivity contribution in [2.75, 3.05) is 11.4 Å². The van der Waals surface area contributed by atoms with E-state index in [2.05, 4.69) is 25.8 Å². The second-order valence-electron chi connectivity index (χ2n) is 7.77. The maximum absolute atomic E-state index is 13.1. The molecule has 4 rings (SSSR count). The number of aryl methyl sites for hydroxylation is 2. The Bertz CT molecular complexity index is 1270. The number of aromatic nitrogens is 1. The van der Waals surface area contributed by atoms with Gasteiger partial charge in [-0.05, 0) is 55.7 Å². The smallest absolute Gasteiger partial charge is 0.252 e. The lowest BCUT2D eigenvalue weighted by atomic mass is 10.0. The molecule has 0 aliphatic carbocycles. The van der Waals surface area contributed by atoms with Crippen LogP contribution in [0, 0.1) is 13.8 Å². The maximum Gasteiger partial charge on any atom is 0.252 e. The molecular weight excluding hydrogens is 494 g/mol. The van der Waals surface area contributed by atoms with E-state index in [0.29, 0.717) is 24.5 Å². The molecule has 1 aromatic heterocycles. The number of benzene rings is 2. The van der Waals surface area contributed by atoms with E-state index in [9.17, 15) is 13.2 Å². The van der Waals surface area contributed by atoms with Crippen LogP contribution in [0.5, 0.6) is 0 Å². The van der Waals surface area contributed by atoms with Crippen molar-refractivity contribution >= 4 is 37.7 Å². The zero-order valence-corrected chi connectivity index (χ0v) is 20.0. The fraction of sp³-hybridized carbons (Fsp3) is 0.217. The van der Waals surface area contributed by atoms with Crippen LogP contribution in [0.1, 0.15) is 29.3 Å². The molecule has 1 N–H and O–H groups in total.